The maximum atomic E-state index is 12.3. The average molecular weight is 308 g/mol. The van der Waals surface area contributed by atoms with Gasteiger partial charge in [-0.05, 0) is 43.5 Å². The highest BCUT2D eigenvalue weighted by molar-refractivity contribution is 6.01. The summed E-state index contributed by atoms with van der Waals surface area (Å²) in [5.74, 6) is -0.703. The molecule has 0 radical (unpaired) electrons. The molecule has 0 aliphatic carbocycles. The van der Waals surface area contributed by atoms with Gasteiger partial charge in [-0.2, -0.15) is 0 Å². The first-order valence-electron chi connectivity index (χ1n) is 7.48. The normalized spacial score (nSPS) is 10.7. The molecule has 0 unspecified atom stereocenters. The third-order valence-electron chi connectivity index (χ3n) is 3.51. The minimum absolute atomic E-state index is 0.179. The summed E-state index contributed by atoms with van der Waals surface area (Å²) in [6.45, 7) is 5.53. The molecule has 118 valence electrons. The molecule has 0 saturated carbocycles. The van der Waals surface area contributed by atoms with Crippen molar-refractivity contribution in [2.45, 2.75) is 20.8 Å². The van der Waals surface area contributed by atoms with Crippen LogP contribution in [0.15, 0.2) is 48.5 Å². The van der Waals surface area contributed by atoms with Crippen LogP contribution in [0, 0.1) is 20.8 Å². The van der Waals surface area contributed by atoms with Crippen molar-refractivity contribution >= 4 is 17.8 Å². The summed E-state index contributed by atoms with van der Waals surface area (Å²) < 4.78 is 5.04. The standard InChI is InChI=1S/C20H20O3/c1-14-11-15(2)20(16(3)12-14)18(21)13-23-19(22)10-9-17-7-5-4-6-8-17/h4-12H,13H2,1-3H3/b10-9+. The van der Waals surface area contributed by atoms with Gasteiger partial charge in [-0.1, -0.05) is 48.0 Å². The Kier molecular flexibility index (Phi) is 5.47. The number of aryl methyl sites for hydroxylation is 3. The number of Topliss-reactive ketones (excluding diaryl/α,β-unsaturated/α-hetero) is 1. The second kappa shape index (κ2) is 7.54. The van der Waals surface area contributed by atoms with Crippen molar-refractivity contribution in [3.05, 3.63) is 76.4 Å². The molecule has 0 spiro atoms. The van der Waals surface area contributed by atoms with E-state index in [1.165, 1.54) is 6.08 Å². The first kappa shape index (κ1) is 16.7. The van der Waals surface area contributed by atoms with Gasteiger partial charge in [0.2, 0.25) is 5.78 Å². The highest BCUT2D eigenvalue weighted by Crippen LogP contribution is 2.17. The van der Waals surface area contributed by atoms with Crippen molar-refractivity contribution in [2.75, 3.05) is 6.61 Å². The summed E-state index contributed by atoms with van der Waals surface area (Å²) in [5.41, 5.74) is 4.46. The molecule has 0 N–H and O–H groups in total. The molecule has 2 rings (SSSR count). The first-order chi connectivity index (χ1) is 11.0. The molecule has 0 aliphatic rings. The lowest BCUT2D eigenvalue weighted by Crippen LogP contribution is -2.15. The first-order valence-corrected chi connectivity index (χ1v) is 7.48. The molecule has 0 aliphatic heterocycles. The summed E-state index contributed by atoms with van der Waals surface area (Å²) in [6, 6.07) is 13.4. The Bertz CT molecular complexity index is 720. The fraction of sp³-hybridized carbons (Fsp3) is 0.200. The zero-order chi connectivity index (χ0) is 16.8. The van der Waals surface area contributed by atoms with Crippen LogP contribution >= 0.6 is 0 Å². The van der Waals surface area contributed by atoms with Gasteiger partial charge in [0.25, 0.3) is 0 Å². The van der Waals surface area contributed by atoms with Crippen molar-refractivity contribution in [1.29, 1.82) is 0 Å². The Morgan fingerprint density at radius 3 is 2.22 bits per heavy atom. The number of carbonyl (C=O) groups is 2. The van der Waals surface area contributed by atoms with Gasteiger partial charge in [0.05, 0.1) is 0 Å². The van der Waals surface area contributed by atoms with Crippen molar-refractivity contribution in [3.8, 4) is 0 Å². The third kappa shape index (κ3) is 4.65. The van der Waals surface area contributed by atoms with Gasteiger partial charge in [0.15, 0.2) is 6.61 Å². The lowest BCUT2D eigenvalue weighted by molar-refractivity contribution is -0.136. The zero-order valence-corrected chi connectivity index (χ0v) is 13.6. The van der Waals surface area contributed by atoms with E-state index in [1.54, 1.807) is 6.08 Å². The number of rotatable bonds is 5. The predicted molar refractivity (Wildman–Crippen MR) is 91.4 cm³/mol. The number of carbonyl (C=O) groups excluding carboxylic acids is 2. The van der Waals surface area contributed by atoms with E-state index in [-0.39, 0.29) is 12.4 Å². The number of hydrogen-bond acceptors (Lipinski definition) is 3. The summed E-state index contributed by atoms with van der Waals surface area (Å²) >= 11 is 0. The van der Waals surface area contributed by atoms with Crippen LogP contribution in [0.2, 0.25) is 0 Å². The van der Waals surface area contributed by atoms with Crippen molar-refractivity contribution in [2.24, 2.45) is 0 Å². The average Bonchev–Trinajstić information content (AvgIpc) is 2.51. The van der Waals surface area contributed by atoms with E-state index in [4.69, 9.17) is 4.74 Å². The molecule has 0 aromatic heterocycles. The van der Waals surface area contributed by atoms with Crippen LogP contribution in [0.3, 0.4) is 0 Å². The van der Waals surface area contributed by atoms with Gasteiger partial charge in [0, 0.05) is 11.6 Å². The molecule has 23 heavy (non-hydrogen) atoms. The molecule has 0 atom stereocenters. The van der Waals surface area contributed by atoms with Crippen LogP contribution in [0.25, 0.3) is 6.08 Å². The zero-order valence-electron chi connectivity index (χ0n) is 13.6. The molecule has 2 aromatic rings. The van der Waals surface area contributed by atoms with Crippen LogP contribution in [0.4, 0.5) is 0 Å². The Labute approximate surface area is 136 Å². The highest BCUT2D eigenvalue weighted by atomic mass is 16.5. The monoisotopic (exact) mass is 308 g/mol. The Balaban J connectivity index is 1.97. The molecular weight excluding hydrogens is 288 g/mol. The minimum atomic E-state index is -0.523. The number of benzene rings is 2. The van der Waals surface area contributed by atoms with Gasteiger partial charge in [-0.15, -0.1) is 0 Å². The van der Waals surface area contributed by atoms with E-state index >= 15 is 0 Å². The fourth-order valence-corrected chi connectivity index (χ4v) is 2.61. The van der Waals surface area contributed by atoms with Crippen LogP contribution in [0.1, 0.15) is 32.6 Å². The van der Waals surface area contributed by atoms with E-state index in [0.717, 1.165) is 22.3 Å². The summed E-state index contributed by atoms with van der Waals surface area (Å²) in [5, 5.41) is 0. The van der Waals surface area contributed by atoms with Crippen molar-refractivity contribution < 1.29 is 14.3 Å². The summed E-state index contributed by atoms with van der Waals surface area (Å²) in [7, 11) is 0. The Hall–Kier alpha value is -2.68. The van der Waals surface area contributed by atoms with Crippen LogP contribution in [-0.2, 0) is 9.53 Å². The molecule has 3 nitrogen and oxygen atoms in total. The number of ketones is 1. The van der Waals surface area contributed by atoms with Crippen LogP contribution in [0.5, 0.6) is 0 Å². The van der Waals surface area contributed by atoms with Crippen LogP contribution in [-0.4, -0.2) is 18.4 Å². The second-order valence-electron chi connectivity index (χ2n) is 5.55. The van der Waals surface area contributed by atoms with E-state index in [0.29, 0.717) is 5.56 Å². The Morgan fingerprint density at radius 1 is 1.00 bits per heavy atom. The van der Waals surface area contributed by atoms with Crippen LogP contribution < -0.4 is 0 Å². The molecule has 2 aromatic carbocycles. The molecule has 0 bridgehead atoms. The maximum absolute atomic E-state index is 12.3. The van der Waals surface area contributed by atoms with Gasteiger partial charge in [-0.25, -0.2) is 4.79 Å². The molecule has 0 heterocycles. The fourth-order valence-electron chi connectivity index (χ4n) is 2.61. The molecule has 3 heteroatoms. The van der Waals surface area contributed by atoms with Gasteiger partial charge < -0.3 is 4.74 Å². The van der Waals surface area contributed by atoms with E-state index in [2.05, 4.69) is 0 Å². The highest BCUT2D eigenvalue weighted by Gasteiger charge is 2.14. The predicted octanol–water partition coefficient (Wildman–Crippen LogP) is 4.05. The van der Waals surface area contributed by atoms with Crippen molar-refractivity contribution in [3.63, 3.8) is 0 Å². The molecule has 0 fully saturated rings. The maximum Gasteiger partial charge on any atom is 0.331 e. The van der Waals surface area contributed by atoms with Crippen molar-refractivity contribution in [1.82, 2.24) is 0 Å². The Morgan fingerprint density at radius 2 is 1.61 bits per heavy atom. The summed E-state index contributed by atoms with van der Waals surface area (Å²) in [4.78, 5) is 24.0. The second-order valence-corrected chi connectivity index (χ2v) is 5.55. The van der Waals surface area contributed by atoms with E-state index in [1.807, 2.05) is 63.2 Å². The largest absolute Gasteiger partial charge is 0.454 e. The SMILES string of the molecule is Cc1cc(C)c(C(=O)COC(=O)/C=C/c2ccccc2)c(C)c1. The molecular formula is C20H20O3. The topological polar surface area (TPSA) is 43.4 Å². The number of esters is 1. The molecule has 0 amide bonds. The van der Waals surface area contributed by atoms with E-state index < -0.39 is 5.97 Å². The van der Waals surface area contributed by atoms with Gasteiger partial charge in [-0.3, -0.25) is 4.79 Å². The number of ether oxygens (including phenoxy) is 1. The van der Waals surface area contributed by atoms with Gasteiger partial charge in [0.1, 0.15) is 0 Å². The minimum Gasteiger partial charge on any atom is -0.454 e. The number of hydrogen-bond donors (Lipinski definition) is 0. The smallest absolute Gasteiger partial charge is 0.331 e. The quantitative estimate of drug-likeness (QED) is 0.475. The summed E-state index contributed by atoms with van der Waals surface area (Å²) in [6.07, 6.45) is 2.99. The van der Waals surface area contributed by atoms with E-state index in [9.17, 15) is 9.59 Å². The van der Waals surface area contributed by atoms with Gasteiger partial charge >= 0.3 is 5.97 Å². The molecule has 0 saturated heterocycles. The lowest BCUT2D eigenvalue weighted by Gasteiger charge is -2.10. The third-order valence-corrected chi connectivity index (χ3v) is 3.51. The lowest BCUT2D eigenvalue weighted by atomic mass is 9.97.